The van der Waals surface area contributed by atoms with Crippen LogP contribution in [0.15, 0.2) is 24.3 Å². The van der Waals surface area contributed by atoms with E-state index in [0.29, 0.717) is 5.92 Å². The quantitative estimate of drug-likeness (QED) is 0.818. The summed E-state index contributed by atoms with van der Waals surface area (Å²) in [6.45, 7) is 11.5. The Labute approximate surface area is 133 Å². The molecule has 0 aliphatic rings. The molecule has 0 radical (unpaired) electrons. The van der Waals surface area contributed by atoms with Crippen LogP contribution in [0.3, 0.4) is 0 Å². The van der Waals surface area contributed by atoms with Crippen molar-refractivity contribution >= 4 is 17.3 Å². The van der Waals surface area contributed by atoms with Crippen LogP contribution in [0.1, 0.15) is 37.2 Å². The molecule has 0 spiro atoms. The van der Waals surface area contributed by atoms with Crippen LogP contribution in [-0.2, 0) is 0 Å². The number of rotatable bonds is 6. The second kappa shape index (κ2) is 7.25. The molecule has 118 valence electrons. The highest BCUT2D eigenvalue weighted by atomic mass is 15.1. The number of hydrogen-bond donors (Lipinski definition) is 2. The zero-order valence-electron chi connectivity index (χ0n) is 14.2. The molecule has 0 amide bonds. The van der Waals surface area contributed by atoms with Gasteiger partial charge in [-0.25, -0.2) is 9.97 Å². The molecule has 0 atom stereocenters. The van der Waals surface area contributed by atoms with Crippen LogP contribution in [0.25, 0.3) is 0 Å². The van der Waals surface area contributed by atoms with Crippen LogP contribution in [0.5, 0.6) is 0 Å². The summed E-state index contributed by atoms with van der Waals surface area (Å²) >= 11 is 0. The Bertz CT molecular complexity index is 635. The van der Waals surface area contributed by atoms with Gasteiger partial charge >= 0.3 is 0 Å². The van der Waals surface area contributed by atoms with Crippen LogP contribution in [0, 0.1) is 26.7 Å². The summed E-state index contributed by atoms with van der Waals surface area (Å²) in [6, 6.07) is 8.29. The van der Waals surface area contributed by atoms with Gasteiger partial charge in [0.1, 0.15) is 17.5 Å². The lowest BCUT2D eigenvalue weighted by Gasteiger charge is -2.12. The van der Waals surface area contributed by atoms with Crippen molar-refractivity contribution in [1.82, 2.24) is 9.97 Å². The summed E-state index contributed by atoms with van der Waals surface area (Å²) in [6.07, 6.45) is 1.13. The summed E-state index contributed by atoms with van der Waals surface area (Å²) < 4.78 is 0. The summed E-state index contributed by atoms with van der Waals surface area (Å²) in [5.74, 6) is 3.15. The minimum Gasteiger partial charge on any atom is -0.370 e. The second-order valence-corrected chi connectivity index (χ2v) is 6.22. The minimum absolute atomic E-state index is 0.684. The summed E-state index contributed by atoms with van der Waals surface area (Å²) in [7, 11) is 0. The molecule has 0 fully saturated rings. The number of aryl methyl sites for hydroxylation is 3. The van der Waals surface area contributed by atoms with Crippen LogP contribution in [-0.4, -0.2) is 16.5 Å². The Morgan fingerprint density at radius 3 is 2.36 bits per heavy atom. The molecule has 0 bridgehead atoms. The Morgan fingerprint density at radius 2 is 1.68 bits per heavy atom. The molecular formula is C18H26N4. The van der Waals surface area contributed by atoms with Gasteiger partial charge in [0.25, 0.3) is 0 Å². The fourth-order valence-electron chi connectivity index (χ4n) is 2.18. The van der Waals surface area contributed by atoms with E-state index in [4.69, 9.17) is 0 Å². The molecule has 1 aromatic heterocycles. The van der Waals surface area contributed by atoms with Gasteiger partial charge in [0.15, 0.2) is 0 Å². The standard InChI is InChI=1S/C18H26N4/c1-12(2)8-9-19-17-11-18(21-15(5)20-17)22-16-7-6-13(3)14(4)10-16/h6-7,10-12H,8-9H2,1-5H3,(H2,19,20,21,22). The van der Waals surface area contributed by atoms with Gasteiger partial charge in [-0.2, -0.15) is 0 Å². The van der Waals surface area contributed by atoms with Gasteiger partial charge in [-0.1, -0.05) is 19.9 Å². The van der Waals surface area contributed by atoms with E-state index in [-0.39, 0.29) is 0 Å². The molecule has 0 aliphatic heterocycles. The van der Waals surface area contributed by atoms with E-state index < -0.39 is 0 Å². The number of hydrogen-bond acceptors (Lipinski definition) is 4. The number of nitrogens with zero attached hydrogens (tertiary/aromatic N) is 2. The van der Waals surface area contributed by atoms with E-state index in [1.165, 1.54) is 11.1 Å². The average molecular weight is 298 g/mol. The predicted octanol–water partition coefficient (Wildman–Crippen LogP) is 4.60. The molecule has 0 saturated carbocycles. The van der Waals surface area contributed by atoms with Crippen molar-refractivity contribution in [1.29, 1.82) is 0 Å². The van der Waals surface area contributed by atoms with E-state index in [2.05, 4.69) is 66.5 Å². The number of nitrogens with one attached hydrogen (secondary N) is 2. The zero-order valence-corrected chi connectivity index (χ0v) is 14.2. The van der Waals surface area contributed by atoms with E-state index in [1.54, 1.807) is 0 Å². The van der Waals surface area contributed by atoms with Crippen LogP contribution in [0.4, 0.5) is 17.3 Å². The number of aromatic nitrogens is 2. The Kier molecular flexibility index (Phi) is 5.36. The maximum Gasteiger partial charge on any atom is 0.136 e. The van der Waals surface area contributed by atoms with Gasteiger partial charge in [-0.05, 0) is 56.4 Å². The van der Waals surface area contributed by atoms with Crippen molar-refractivity contribution < 1.29 is 0 Å². The lowest BCUT2D eigenvalue weighted by Crippen LogP contribution is -2.08. The van der Waals surface area contributed by atoms with Crippen LogP contribution < -0.4 is 10.6 Å². The third-order valence-electron chi connectivity index (χ3n) is 3.65. The van der Waals surface area contributed by atoms with E-state index in [1.807, 2.05) is 13.0 Å². The van der Waals surface area contributed by atoms with Crippen LogP contribution in [0.2, 0.25) is 0 Å². The monoisotopic (exact) mass is 298 g/mol. The first-order chi connectivity index (χ1) is 10.4. The minimum atomic E-state index is 0.684. The molecule has 2 N–H and O–H groups in total. The summed E-state index contributed by atoms with van der Waals surface area (Å²) in [5, 5.41) is 6.73. The highest BCUT2D eigenvalue weighted by molar-refractivity contribution is 5.60. The summed E-state index contributed by atoms with van der Waals surface area (Å²) in [4.78, 5) is 8.90. The molecule has 2 rings (SSSR count). The maximum atomic E-state index is 4.46. The van der Waals surface area contributed by atoms with Gasteiger partial charge < -0.3 is 10.6 Å². The fourth-order valence-corrected chi connectivity index (χ4v) is 2.18. The molecule has 0 saturated heterocycles. The molecule has 4 heteroatoms. The molecule has 2 aromatic rings. The topological polar surface area (TPSA) is 49.8 Å². The smallest absolute Gasteiger partial charge is 0.136 e. The normalized spacial score (nSPS) is 10.8. The van der Waals surface area contributed by atoms with Crippen molar-refractivity contribution in [2.45, 2.75) is 41.0 Å². The van der Waals surface area contributed by atoms with E-state index in [9.17, 15) is 0 Å². The molecular weight excluding hydrogens is 272 g/mol. The van der Waals surface area contributed by atoms with Crippen molar-refractivity contribution in [3.05, 3.63) is 41.2 Å². The third-order valence-corrected chi connectivity index (χ3v) is 3.65. The first-order valence-electron chi connectivity index (χ1n) is 7.88. The van der Waals surface area contributed by atoms with E-state index in [0.717, 1.165) is 36.1 Å². The Hall–Kier alpha value is -2.10. The first kappa shape index (κ1) is 16.3. The van der Waals surface area contributed by atoms with Crippen molar-refractivity contribution in [2.24, 2.45) is 5.92 Å². The maximum absolute atomic E-state index is 4.46. The fraction of sp³-hybridized carbons (Fsp3) is 0.444. The Balaban J connectivity index is 2.10. The van der Waals surface area contributed by atoms with Gasteiger partial charge in [-0.15, -0.1) is 0 Å². The average Bonchev–Trinajstić information content (AvgIpc) is 2.42. The Morgan fingerprint density at radius 1 is 0.955 bits per heavy atom. The van der Waals surface area contributed by atoms with Crippen LogP contribution >= 0.6 is 0 Å². The SMILES string of the molecule is Cc1nc(NCCC(C)C)cc(Nc2ccc(C)c(C)c2)n1. The van der Waals surface area contributed by atoms with Gasteiger partial charge in [-0.3, -0.25) is 0 Å². The largest absolute Gasteiger partial charge is 0.370 e. The third kappa shape index (κ3) is 4.72. The van der Waals surface area contributed by atoms with Crippen molar-refractivity contribution in [3.8, 4) is 0 Å². The highest BCUT2D eigenvalue weighted by Gasteiger charge is 2.04. The molecule has 1 heterocycles. The van der Waals surface area contributed by atoms with Gasteiger partial charge in [0.05, 0.1) is 0 Å². The lowest BCUT2D eigenvalue weighted by atomic mass is 10.1. The second-order valence-electron chi connectivity index (χ2n) is 6.22. The molecule has 0 unspecified atom stereocenters. The molecule has 4 nitrogen and oxygen atoms in total. The summed E-state index contributed by atoms with van der Waals surface area (Å²) in [5.41, 5.74) is 3.61. The van der Waals surface area contributed by atoms with Gasteiger partial charge in [0.2, 0.25) is 0 Å². The zero-order chi connectivity index (χ0) is 16.1. The molecule has 1 aromatic carbocycles. The molecule has 22 heavy (non-hydrogen) atoms. The van der Waals surface area contributed by atoms with Crippen molar-refractivity contribution in [2.75, 3.05) is 17.2 Å². The molecule has 0 aliphatic carbocycles. The number of benzene rings is 1. The lowest BCUT2D eigenvalue weighted by molar-refractivity contribution is 0.606. The van der Waals surface area contributed by atoms with Gasteiger partial charge in [0, 0.05) is 18.3 Å². The highest BCUT2D eigenvalue weighted by Crippen LogP contribution is 2.20. The first-order valence-corrected chi connectivity index (χ1v) is 7.88. The van der Waals surface area contributed by atoms with E-state index >= 15 is 0 Å². The number of anilines is 3. The predicted molar refractivity (Wildman–Crippen MR) is 93.9 cm³/mol. The van der Waals surface area contributed by atoms with Crippen molar-refractivity contribution in [3.63, 3.8) is 0 Å².